The van der Waals surface area contributed by atoms with Crippen LogP contribution in [0.15, 0.2) is 24.3 Å². The van der Waals surface area contributed by atoms with Gasteiger partial charge in [0.05, 0.1) is 12.2 Å². The lowest BCUT2D eigenvalue weighted by molar-refractivity contribution is 0.0566. The SMILES string of the molecule is CCOc1ccccc1C(=O)N1CCCCC1CCN1CCN(C)CC1. The maximum absolute atomic E-state index is 13.2. The van der Waals surface area contributed by atoms with Gasteiger partial charge in [-0.3, -0.25) is 4.79 Å². The van der Waals surface area contributed by atoms with Crippen LogP contribution in [0.3, 0.4) is 0 Å². The van der Waals surface area contributed by atoms with E-state index in [1.165, 1.54) is 6.42 Å². The Kier molecular flexibility index (Phi) is 6.92. The Bertz CT molecular complexity index is 584. The number of hydrogen-bond acceptors (Lipinski definition) is 4. The van der Waals surface area contributed by atoms with Crippen LogP contribution in [0.1, 0.15) is 43.0 Å². The number of carbonyl (C=O) groups is 1. The molecule has 0 radical (unpaired) electrons. The minimum Gasteiger partial charge on any atom is -0.493 e. The second-order valence-corrected chi connectivity index (χ2v) is 7.51. The van der Waals surface area contributed by atoms with Crippen LogP contribution < -0.4 is 4.74 Å². The van der Waals surface area contributed by atoms with Gasteiger partial charge in [-0.25, -0.2) is 0 Å². The summed E-state index contributed by atoms with van der Waals surface area (Å²) in [5, 5.41) is 0. The average molecular weight is 360 g/mol. The third-order valence-corrected chi connectivity index (χ3v) is 5.68. The van der Waals surface area contributed by atoms with Crippen LogP contribution in [0.4, 0.5) is 0 Å². The average Bonchev–Trinajstić information content (AvgIpc) is 2.68. The molecule has 5 heteroatoms. The summed E-state index contributed by atoms with van der Waals surface area (Å²) in [6.07, 6.45) is 4.53. The van der Waals surface area contributed by atoms with Gasteiger partial charge < -0.3 is 19.4 Å². The Labute approximate surface area is 157 Å². The quantitative estimate of drug-likeness (QED) is 0.782. The van der Waals surface area contributed by atoms with Crippen molar-refractivity contribution < 1.29 is 9.53 Å². The summed E-state index contributed by atoms with van der Waals surface area (Å²) in [7, 11) is 2.19. The zero-order valence-corrected chi connectivity index (χ0v) is 16.3. The lowest BCUT2D eigenvalue weighted by Crippen LogP contribution is -2.48. The van der Waals surface area contributed by atoms with Crippen molar-refractivity contribution in [2.75, 3.05) is 52.9 Å². The number of carbonyl (C=O) groups excluding carboxylic acids is 1. The van der Waals surface area contributed by atoms with E-state index in [1.54, 1.807) is 0 Å². The molecule has 2 aliphatic heterocycles. The van der Waals surface area contributed by atoms with E-state index in [2.05, 4.69) is 21.7 Å². The number of nitrogens with zero attached hydrogens (tertiary/aromatic N) is 3. The highest BCUT2D eigenvalue weighted by Gasteiger charge is 2.29. The summed E-state index contributed by atoms with van der Waals surface area (Å²) >= 11 is 0. The molecule has 0 saturated carbocycles. The number of ether oxygens (including phenoxy) is 1. The van der Waals surface area contributed by atoms with Crippen molar-refractivity contribution in [2.45, 2.75) is 38.6 Å². The fourth-order valence-corrected chi connectivity index (χ4v) is 4.05. The third kappa shape index (κ3) is 4.77. The highest BCUT2D eigenvalue weighted by molar-refractivity contribution is 5.97. The summed E-state index contributed by atoms with van der Waals surface area (Å²) in [6, 6.07) is 8.02. The van der Waals surface area contributed by atoms with E-state index in [4.69, 9.17) is 4.74 Å². The Morgan fingerprint density at radius 2 is 1.88 bits per heavy atom. The second-order valence-electron chi connectivity index (χ2n) is 7.51. The summed E-state index contributed by atoms with van der Waals surface area (Å²) in [5.74, 6) is 0.848. The molecule has 0 aliphatic carbocycles. The molecule has 2 aliphatic rings. The van der Waals surface area contributed by atoms with Crippen LogP contribution >= 0.6 is 0 Å². The molecule has 0 N–H and O–H groups in total. The third-order valence-electron chi connectivity index (χ3n) is 5.68. The first-order chi connectivity index (χ1) is 12.7. The summed E-state index contributed by atoms with van der Waals surface area (Å²) in [4.78, 5) is 20.3. The van der Waals surface area contributed by atoms with Crippen molar-refractivity contribution >= 4 is 5.91 Å². The van der Waals surface area contributed by atoms with Crippen molar-refractivity contribution in [2.24, 2.45) is 0 Å². The number of benzene rings is 1. The van der Waals surface area contributed by atoms with Gasteiger partial charge in [0.25, 0.3) is 5.91 Å². The van der Waals surface area contributed by atoms with Crippen molar-refractivity contribution in [3.05, 3.63) is 29.8 Å². The molecular formula is C21H33N3O2. The Morgan fingerprint density at radius 3 is 2.65 bits per heavy atom. The summed E-state index contributed by atoms with van der Waals surface area (Å²) in [6.45, 7) is 9.08. The highest BCUT2D eigenvalue weighted by atomic mass is 16.5. The number of amides is 1. The van der Waals surface area contributed by atoms with Gasteiger partial charge in [0, 0.05) is 45.3 Å². The van der Waals surface area contributed by atoms with Gasteiger partial charge in [-0.1, -0.05) is 12.1 Å². The van der Waals surface area contributed by atoms with Gasteiger partial charge >= 0.3 is 0 Å². The molecule has 5 nitrogen and oxygen atoms in total. The lowest BCUT2D eigenvalue weighted by Gasteiger charge is -2.38. The number of piperidine rings is 1. The minimum absolute atomic E-state index is 0.136. The van der Waals surface area contributed by atoms with E-state index in [9.17, 15) is 4.79 Å². The van der Waals surface area contributed by atoms with Crippen molar-refractivity contribution in [1.29, 1.82) is 0 Å². The molecule has 0 aromatic heterocycles. The Morgan fingerprint density at radius 1 is 1.12 bits per heavy atom. The molecule has 2 saturated heterocycles. The maximum Gasteiger partial charge on any atom is 0.257 e. The van der Waals surface area contributed by atoms with Crippen LogP contribution in [0, 0.1) is 0 Å². The van der Waals surface area contributed by atoms with Crippen LogP contribution in [0.2, 0.25) is 0 Å². The van der Waals surface area contributed by atoms with E-state index in [1.807, 2.05) is 31.2 Å². The first kappa shape index (κ1) is 19.2. The van der Waals surface area contributed by atoms with E-state index < -0.39 is 0 Å². The number of rotatable bonds is 6. The molecule has 1 aromatic carbocycles. The van der Waals surface area contributed by atoms with E-state index in [0.29, 0.717) is 24.0 Å². The number of likely N-dealkylation sites (tertiary alicyclic amines) is 1. The van der Waals surface area contributed by atoms with Gasteiger partial charge in [-0.2, -0.15) is 0 Å². The second kappa shape index (κ2) is 9.38. The highest BCUT2D eigenvalue weighted by Crippen LogP contribution is 2.26. The van der Waals surface area contributed by atoms with Gasteiger partial charge in [0.2, 0.25) is 0 Å². The molecule has 3 rings (SSSR count). The normalized spacial score (nSPS) is 22.4. The van der Waals surface area contributed by atoms with E-state index >= 15 is 0 Å². The minimum atomic E-state index is 0.136. The molecule has 26 heavy (non-hydrogen) atoms. The smallest absolute Gasteiger partial charge is 0.257 e. The fourth-order valence-electron chi connectivity index (χ4n) is 4.05. The van der Waals surface area contributed by atoms with Gasteiger partial charge in [-0.15, -0.1) is 0 Å². The topological polar surface area (TPSA) is 36.0 Å². The molecular weight excluding hydrogens is 326 g/mol. The summed E-state index contributed by atoms with van der Waals surface area (Å²) < 4.78 is 5.69. The number of likely N-dealkylation sites (N-methyl/N-ethyl adjacent to an activating group) is 1. The molecule has 144 valence electrons. The first-order valence-electron chi connectivity index (χ1n) is 10.1. The molecule has 2 heterocycles. The molecule has 1 unspecified atom stereocenters. The predicted octanol–water partition coefficient (Wildman–Crippen LogP) is 2.72. The van der Waals surface area contributed by atoms with Crippen LogP contribution in [0.25, 0.3) is 0 Å². The van der Waals surface area contributed by atoms with Gasteiger partial charge in [0.1, 0.15) is 5.75 Å². The molecule has 1 amide bonds. The fraction of sp³-hybridized carbons (Fsp3) is 0.667. The Hall–Kier alpha value is -1.59. The Balaban J connectivity index is 1.64. The standard InChI is InChI=1S/C21H33N3O2/c1-3-26-20-10-5-4-9-19(20)21(25)24-12-7-6-8-18(24)11-13-23-16-14-22(2)15-17-23/h4-5,9-10,18H,3,6-8,11-17H2,1-2H3. The molecule has 1 atom stereocenters. The maximum atomic E-state index is 13.2. The molecule has 1 aromatic rings. The number of hydrogen-bond donors (Lipinski definition) is 0. The summed E-state index contributed by atoms with van der Waals surface area (Å²) in [5.41, 5.74) is 0.709. The number of para-hydroxylation sites is 1. The zero-order valence-electron chi connectivity index (χ0n) is 16.3. The molecule has 0 bridgehead atoms. The van der Waals surface area contributed by atoms with Crippen LogP contribution in [-0.2, 0) is 0 Å². The van der Waals surface area contributed by atoms with Crippen LogP contribution in [-0.4, -0.2) is 79.6 Å². The predicted molar refractivity (Wildman–Crippen MR) is 105 cm³/mol. The van der Waals surface area contributed by atoms with Crippen molar-refractivity contribution in [3.8, 4) is 5.75 Å². The van der Waals surface area contributed by atoms with Crippen molar-refractivity contribution in [1.82, 2.24) is 14.7 Å². The first-order valence-corrected chi connectivity index (χ1v) is 10.1. The monoisotopic (exact) mass is 359 g/mol. The molecule has 0 spiro atoms. The largest absolute Gasteiger partial charge is 0.493 e. The van der Waals surface area contributed by atoms with Crippen LogP contribution in [0.5, 0.6) is 5.75 Å². The lowest BCUT2D eigenvalue weighted by atomic mass is 9.97. The zero-order chi connectivity index (χ0) is 18.4. The van der Waals surface area contributed by atoms with E-state index in [0.717, 1.165) is 58.5 Å². The van der Waals surface area contributed by atoms with E-state index in [-0.39, 0.29) is 5.91 Å². The van der Waals surface area contributed by atoms with Gasteiger partial charge in [-0.05, 0) is 51.8 Å². The molecule has 2 fully saturated rings. The number of piperazine rings is 1. The van der Waals surface area contributed by atoms with Crippen molar-refractivity contribution in [3.63, 3.8) is 0 Å². The van der Waals surface area contributed by atoms with Gasteiger partial charge in [0.15, 0.2) is 0 Å².